The van der Waals surface area contributed by atoms with Crippen LogP contribution in [0.2, 0.25) is 0 Å². The lowest BCUT2D eigenvalue weighted by atomic mass is 9.90. The predicted molar refractivity (Wildman–Crippen MR) is 121 cm³/mol. The van der Waals surface area contributed by atoms with E-state index in [-0.39, 0.29) is 29.5 Å². The quantitative estimate of drug-likeness (QED) is 0.403. The van der Waals surface area contributed by atoms with Gasteiger partial charge in [0.15, 0.2) is 5.78 Å². The largest absolute Gasteiger partial charge is 0.507 e. The molecule has 2 aromatic carbocycles. The second kappa shape index (κ2) is 9.64. The van der Waals surface area contributed by atoms with Gasteiger partial charge in [0.25, 0.3) is 0 Å². The Morgan fingerprint density at radius 2 is 1.66 bits per heavy atom. The first kappa shape index (κ1) is 22.5. The lowest BCUT2D eigenvalue weighted by Gasteiger charge is -2.23. The van der Waals surface area contributed by atoms with Gasteiger partial charge in [0.1, 0.15) is 11.5 Å². The van der Waals surface area contributed by atoms with Gasteiger partial charge in [-0.25, -0.2) is 0 Å². The van der Waals surface area contributed by atoms with Crippen LogP contribution >= 0.6 is 0 Å². The molecule has 2 rings (SSSR count). The molecule has 0 unspecified atom stereocenters. The van der Waals surface area contributed by atoms with Gasteiger partial charge in [-0.3, -0.25) is 4.79 Å². The number of nitrogens with one attached hydrogen (secondary N) is 1. The topological polar surface area (TPSA) is 58.6 Å². The van der Waals surface area contributed by atoms with Crippen LogP contribution < -0.4 is 10.1 Å². The van der Waals surface area contributed by atoms with E-state index in [9.17, 15) is 9.90 Å². The molecule has 0 bridgehead atoms. The predicted octanol–water partition coefficient (Wildman–Crippen LogP) is 6.36. The maximum Gasteiger partial charge on any atom is 0.185 e. The van der Waals surface area contributed by atoms with E-state index in [1.807, 2.05) is 66.8 Å². The molecule has 0 heterocycles. The molecule has 29 heavy (non-hydrogen) atoms. The summed E-state index contributed by atoms with van der Waals surface area (Å²) in [5.74, 6) is 1.09. The second-order valence-corrected chi connectivity index (χ2v) is 8.15. The molecule has 2 aromatic rings. The molecule has 0 aromatic heterocycles. The van der Waals surface area contributed by atoms with Crippen LogP contribution in [0.1, 0.15) is 80.4 Å². The van der Waals surface area contributed by atoms with Gasteiger partial charge in [0.2, 0.25) is 0 Å². The molecule has 0 radical (unpaired) electrons. The fraction of sp³-hybridized carbons (Fsp3) is 0.400. The lowest BCUT2D eigenvalue weighted by molar-refractivity contribution is 0.104. The van der Waals surface area contributed by atoms with Crippen molar-refractivity contribution in [3.63, 3.8) is 0 Å². The lowest BCUT2D eigenvalue weighted by Crippen LogP contribution is -2.11. The van der Waals surface area contributed by atoms with Crippen molar-refractivity contribution in [3.05, 3.63) is 58.7 Å². The summed E-state index contributed by atoms with van der Waals surface area (Å²) in [6.07, 6.45) is 3.32. The molecule has 0 amide bonds. The van der Waals surface area contributed by atoms with E-state index in [0.29, 0.717) is 11.3 Å². The average molecular weight is 396 g/mol. The van der Waals surface area contributed by atoms with Gasteiger partial charge < -0.3 is 15.2 Å². The third-order valence-electron chi connectivity index (χ3n) is 4.77. The molecular weight excluding hydrogens is 362 g/mol. The summed E-state index contributed by atoms with van der Waals surface area (Å²) in [7, 11) is 1.84. The Hall–Kier alpha value is -2.75. The highest BCUT2D eigenvalue weighted by molar-refractivity contribution is 6.07. The number of phenolic OH excluding ortho intramolecular Hbond substituents is 1. The van der Waals surface area contributed by atoms with Crippen LogP contribution in [0.3, 0.4) is 0 Å². The van der Waals surface area contributed by atoms with Crippen molar-refractivity contribution in [1.29, 1.82) is 0 Å². The van der Waals surface area contributed by atoms with E-state index in [2.05, 4.69) is 5.32 Å². The molecule has 0 aliphatic carbocycles. The standard InChI is InChI=1S/C25H33NO3/c1-15(2)21-14-19(25(29-17(5)6)23(16(3)4)24(21)28)10-13-22(27)18-8-11-20(26-7)12-9-18/h8-17,26,28H,1-7H3/b13-10-. The summed E-state index contributed by atoms with van der Waals surface area (Å²) in [6.45, 7) is 12.1. The molecule has 0 aliphatic rings. The van der Waals surface area contributed by atoms with Crippen LogP contribution in [0.4, 0.5) is 5.69 Å². The normalized spacial score (nSPS) is 11.7. The minimum Gasteiger partial charge on any atom is -0.507 e. The third-order valence-corrected chi connectivity index (χ3v) is 4.77. The van der Waals surface area contributed by atoms with Gasteiger partial charge >= 0.3 is 0 Å². The highest BCUT2D eigenvalue weighted by Crippen LogP contribution is 2.43. The Balaban J connectivity index is 2.53. The fourth-order valence-corrected chi connectivity index (χ4v) is 3.25. The number of benzene rings is 2. The average Bonchev–Trinajstić information content (AvgIpc) is 2.66. The summed E-state index contributed by atoms with van der Waals surface area (Å²) in [6, 6.07) is 9.29. The summed E-state index contributed by atoms with van der Waals surface area (Å²) >= 11 is 0. The summed E-state index contributed by atoms with van der Waals surface area (Å²) in [4.78, 5) is 12.7. The summed E-state index contributed by atoms with van der Waals surface area (Å²) in [5, 5.41) is 13.9. The number of hydrogen-bond donors (Lipinski definition) is 2. The summed E-state index contributed by atoms with van der Waals surface area (Å²) < 4.78 is 6.09. The monoisotopic (exact) mass is 395 g/mol. The molecule has 0 saturated heterocycles. The molecule has 4 nitrogen and oxygen atoms in total. The van der Waals surface area contributed by atoms with E-state index in [0.717, 1.165) is 22.4 Å². The number of carbonyl (C=O) groups is 1. The van der Waals surface area contributed by atoms with Crippen molar-refractivity contribution in [2.45, 2.75) is 59.5 Å². The number of hydrogen-bond acceptors (Lipinski definition) is 4. The minimum absolute atomic E-state index is 0.0475. The van der Waals surface area contributed by atoms with Gasteiger partial charge in [-0.15, -0.1) is 0 Å². The number of anilines is 1. The van der Waals surface area contributed by atoms with Crippen LogP contribution in [0.5, 0.6) is 11.5 Å². The Morgan fingerprint density at radius 1 is 1.03 bits per heavy atom. The first-order valence-corrected chi connectivity index (χ1v) is 10.2. The van der Waals surface area contributed by atoms with E-state index in [1.165, 1.54) is 0 Å². The number of rotatable bonds is 8. The van der Waals surface area contributed by atoms with E-state index >= 15 is 0 Å². The summed E-state index contributed by atoms with van der Waals surface area (Å²) in [5.41, 5.74) is 4.04. The van der Waals surface area contributed by atoms with Gasteiger partial charge in [0.05, 0.1) is 6.10 Å². The van der Waals surface area contributed by atoms with Gasteiger partial charge in [-0.2, -0.15) is 0 Å². The zero-order valence-electron chi connectivity index (χ0n) is 18.5. The van der Waals surface area contributed by atoms with E-state index in [4.69, 9.17) is 4.74 Å². The smallest absolute Gasteiger partial charge is 0.185 e. The number of phenols is 1. The maximum atomic E-state index is 12.7. The number of allylic oxidation sites excluding steroid dienone is 1. The Labute approximate surface area is 174 Å². The number of aromatic hydroxyl groups is 1. The van der Waals surface area contributed by atoms with Crippen molar-refractivity contribution in [2.75, 3.05) is 12.4 Å². The van der Waals surface area contributed by atoms with Crippen molar-refractivity contribution in [1.82, 2.24) is 0 Å². The van der Waals surface area contributed by atoms with Gasteiger partial charge in [-0.05, 0) is 73.7 Å². The highest BCUT2D eigenvalue weighted by Gasteiger charge is 2.22. The second-order valence-electron chi connectivity index (χ2n) is 8.15. The molecule has 2 N–H and O–H groups in total. The highest BCUT2D eigenvalue weighted by atomic mass is 16.5. The SMILES string of the molecule is CNc1ccc(C(=O)/C=C\c2cc(C(C)C)c(O)c(C(C)C)c2OC(C)C)cc1. The number of carbonyl (C=O) groups excluding carboxylic acids is 1. The van der Waals surface area contributed by atoms with Crippen molar-refractivity contribution >= 4 is 17.5 Å². The maximum absolute atomic E-state index is 12.7. The molecule has 0 saturated carbocycles. The van der Waals surface area contributed by atoms with Crippen LogP contribution in [-0.4, -0.2) is 24.0 Å². The zero-order chi connectivity index (χ0) is 21.7. The molecular formula is C25H33NO3. The number of ketones is 1. The van der Waals surface area contributed by atoms with Crippen LogP contribution in [0.15, 0.2) is 36.4 Å². The van der Waals surface area contributed by atoms with Crippen molar-refractivity contribution < 1.29 is 14.6 Å². The molecule has 156 valence electrons. The fourth-order valence-electron chi connectivity index (χ4n) is 3.25. The van der Waals surface area contributed by atoms with Gasteiger partial charge in [-0.1, -0.05) is 27.7 Å². The Bertz CT molecular complexity index is 878. The Morgan fingerprint density at radius 3 is 2.14 bits per heavy atom. The first-order chi connectivity index (χ1) is 13.6. The third kappa shape index (κ3) is 5.41. The first-order valence-electron chi connectivity index (χ1n) is 10.2. The van der Waals surface area contributed by atoms with Crippen molar-refractivity contribution in [3.8, 4) is 11.5 Å². The van der Waals surface area contributed by atoms with Crippen LogP contribution in [0, 0.1) is 0 Å². The molecule has 0 fully saturated rings. The Kier molecular flexibility index (Phi) is 7.49. The van der Waals surface area contributed by atoms with E-state index in [1.54, 1.807) is 24.3 Å². The van der Waals surface area contributed by atoms with Gasteiger partial charge in [0, 0.05) is 29.4 Å². The number of ether oxygens (including phenoxy) is 1. The molecule has 0 aliphatic heterocycles. The van der Waals surface area contributed by atoms with Crippen LogP contribution in [0.25, 0.3) is 6.08 Å². The van der Waals surface area contributed by atoms with Crippen LogP contribution in [-0.2, 0) is 0 Å². The van der Waals surface area contributed by atoms with E-state index < -0.39 is 0 Å². The minimum atomic E-state index is -0.0755. The molecule has 0 spiro atoms. The molecule has 4 heteroatoms. The zero-order valence-corrected chi connectivity index (χ0v) is 18.5. The van der Waals surface area contributed by atoms with Crippen molar-refractivity contribution in [2.24, 2.45) is 0 Å². The molecule has 0 atom stereocenters.